The maximum absolute atomic E-state index is 12.2. The Balaban J connectivity index is 1.73. The van der Waals surface area contributed by atoms with E-state index in [1.807, 2.05) is 30.3 Å². The van der Waals surface area contributed by atoms with Crippen LogP contribution in [0.15, 0.2) is 65.5 Å². The molecule has 0 saturated carbocycles. The summed E-state index contributed by atoms with van der Waals surface area (Å²) in [4.78, 5) is 20.6. The van der Waals surface area contributed by atoms with Crippen LogP contribution in [0.1, 0.15) is 22.2 Å². The van der Waals surface area contributed by atoms with Crippen LogP contribution in [0.25, 0.3) is 11.4 Å². The van der Waals surface area contributed by atoms with Gasteiger partial charge in [-0.1, -0.05) is 30.3 Å². The van der Waals surface area contributed by atoms with Gasteiger partial charge in [0.25, 0.3) is 5.91 Å². The molecule has 0 radical (unpaired) electrons. The second-order valence-corrected chi connectivity index (χ2v) is 4.89. The number of benzene rings is 1. The first-order chi connectivity index (χ1) is 11.3. The number of nitrogens with one attached hydrogen (secondary N) is 1. The number of aromatic nitrogens is 2. The molecule has 1 aromatic carbocycles. The summed E-state index contributed by atoms with van der Waals surface area (Å²) in [6.07, 6.45) is 4.41. The number of aliphatic hydroxyl groups is 1. The molecule has 1 unspecified atom stereocenters. The average Bonchev–Trinajstić information content (AvgIpc) is 3.15. The van der Waals surface area contributed by atoms with Crippen LogP contribution in [0.2, 0.25) is 0 Å². The van der Waals surface area contributed by atoms with Crippen molar-refractivity contribution in [2.75, 3.05) is 6.61 Å². The molecule has 1 amide bonds. The van der Waals surface area contributed by atoms with Crippen LogP contribution in [0.5, 0.6) is 0 Å². The smallest absolute Gasteiger partial charge is 0.255 e. The van der Waals surface area contributed by atoms with Crippen LogP contribution in [-0.4, -0.2) is 27.6 Å². The van der Waals surface area contributed by atoms with Crippen LogP contribution < -0.4 is 5.32 Å². The van der Waals surface area contributed by atoms with E-state index in [-0.39, 0.29) is 12.5 Å². The number of hydrogen-bond donors (Lipinski definition) is 2. The van der Waals surface area contributed by atoms with Crippen molar-refractivity contribution in [3.8, 4) is 11.4 Å². The lowest BCUT2D eigenvalue weighted by Crippen LogP contribution is -2.30. The Hall–Kier alpha value is -2.99. The summed E-state index contributed by atoms with van der Waals surface area (Å²) in [6, 6.07) is 12.3. The van der Waals surface area contributed by atoms with Crippen LogP contribution in [-0.2, 0) is 0 Å². The number of rotatable bonds is 5. The zero-order valence-corrected chi connectivity index (χ0v) is 12.2. The fourth-order valence-corrected chi connectivity index (χ4v) is 2.12. The standard InChI is InChI=1S/C17H15N3O3/c21-11-14(15-7-4-8-23-15)20-17(22)13-9-18-16(19-10-13)12-5-2-1-3-6-12/h1-10,14,21H,11H2,(H,20,22). The summed E-state index contributed by atoms with van der Waals surface area (Å²) in [5, 5.41) is 12.1. The molecule has 23 heavy (non-hydrogen) atoms. The van der Waals surface area contributed by atoms with Gasteiger partial charge in [-0.25, -0.2) is 9.97 Å². The molecule has 6 heteroatoms. The number of hydrogen-bond acceptors (Lipinski definition) is 5. The Morgan fingerprint density at radius 1 is 1.13 bits per heavy atom. The van der Waals surface area contributed by atoms with Gasteiger partial charge in [0.05, 0.1) is 18.4 Å². The summed E-state index contributed by atoms with van der Waals surface area (Å²) in [6.45, 7) is -0.262. The van der Waals surface area contributed by atoms with Crippen molar-refractivity contribution >= 4 is 5.91 Å². The topological polar surface area (TPSA) is 88.2 Å². The maximum Gasteiger partial charge on any atom is 0.255 e. The zero-order chi connectivity index (χ0) is 16.1. The van der Waals surface area contributed by atoms with Gasteiger partial charge < -0.3 is 14.8 Å². The van der Waals surface area contributed by atoms with Gasteiger partial charge in [0, 0.05) is 18.0 Å². The highest BCUT2D eigenvalue weighted by molar-refractivity contribution is 5.93. The lowest BCUT2D eigenvalue weighted by molar-refractivity contribution is 0.0906. The number of nitrogens with zero attached hydrogens (tertiary/aromatic N) is 2. The molecule has 0 aliphatic rings. The normalized spacial score (nSPS) is 11.9. The Morgan fingerprint density at radius 2 is 1.87 bits per heavy atom. The van der Waals surface area contributed by atoms with E-state index in [0.29, 0.717) is 17.1 Å². The fraction of sp³-hybridized carbons (Fsp3) is 0.118. The van der Waals surface area contributed by atoms with Gasteiger partial charge >= 0.3 is 0 Å². The quantitative estimate of drug-likeness (QED) is 0.754. The van der Waals surface area contributed by atoms with Gasteiger partial charge in [-0.3, -0.25) is 4.79 Å². The molecule has 116 valence electrons. The van der Waals surface area contributed by atoms with E-state index in [1.165, 1.54) is 18.7 Å². The molecule has 0 bridgehead atoms. The first-order valence-electron chi connectivity index (χ1n) is 7.10. The Labute approximate surface area is 132 Å². The first-order valence-corrected chi connectivity index (χ1v) is 7.10. The van der Waals surface area contributed by atoms with Gasteiger partial charge in [-0.2, -0.15) is 0 Å². The highest BCUT2D eigenvalue weighted by Gasteiger charge is 2.17. The summed E-state index contributed by atoms with van der Waals surface area (Å²) in [7, 11) is 0. The van der Waals surface area contributed by atoms with E-state index in [0.717, 1.165) is 5.56 Å². The molecule has 2 aromatic heterocycles. The molecule has 0 saturated heterocycles. The monoisotopic (exact) mass is 309 g/mol. The number of carbonyl (C=O) groups is 1. The number of amides is 1. The molecule has 3 rings (SSSR count). The Kier molecular flexibility index (Phi) is 4.44. The number of carbonyl (C=O) groups excluding carboxylic acids is 1. The van der Waals surface area contributed by atoms with Gasteiger partial charge in [0.15, 0.2) is 5.82 Å². The lowest BCUT2D eigenvalue weighted by Gasteiger charge is -2.13. The van der Waals surface area contributed by atoms with Gasteiger partial charge in [0.1, 0.15) is 11.8 Å². The van der Waals surface area contributed by atoms with Crippen LogP contribution >= 0.6 is 0 Å². The van der Waals surface area contributed by atoms with Crippen LogP contribution in [0.3, 0.4) is 0 Å². The largest absolute Gasteiger partial charge is 0.467 e. The van der Waals surface area contributed by atoms with Crippen LogP contribution in [0.4, 0.5) is 0 Å². The third kappa shape index (κ3) is 3.44. The third-order valence-electron chi connectivity index (χ3n) is 3.32. The van der Waals surface area contributed by atoms with Crippen molar-refractivity contribution in [2.24, 2.45) is 0 Å². The predicted octanol–water partition coefficient (Wildman–Crippen LogP) is 2.20. The zero-order valence-electron chi connectivity index (χ0n) is 12.2. The van der Waals surface area contributed by atoms with Crippen molar-refractivity contribution in [2.45, 2.75) is 6.04 Å². The van der Waals surface area contributed by atoms with Gasteiger partial charge in [-0.15, -0.1) is 0 Å². The van der Waals surface area contributed by atoms with Gasteiger partial charge in [0.2, 0.25) is 0 Å². The summed E-state index contributed by atoms with van der Waals surface area (Å²) >= 11 is 0. The van der Waals surface area contributed by atoms with Crippen LogP contribution in [0, 0.1) is 0 Å². The molecule has 0 fully saturated rings. The van der Waals surface area contributed by atoms with Crippen molar-refractivity contribution in [1.82, 2.24) is 15.3 Å². The Bertz CT molecular complexity index is 756. The molecule has 2 N–H and O–H groups in total. The molecular formula is C17H15N3O3. The highest BCUT2D eigenvalue weighted by Crippen LogP contribution is 2.15. The van der Waals surface area contributed by atoms with E-state index >= 15 is 0 Å². The minimum atomic E-state index is -0.605. The molecule has 1 atom stereocenters. The van der Waals surface area contributed by atoms with E-state index in [1.54, 1.807) is 12.1 Å². The van der Waals surface area contributed by atoms with Crippen molar-refractivity contribution in [1.29, 1.82) is 0 Å². The summed E-state index contributed by atoms with van der Waals surface area (Å²) in [5.41, 5.74) is 1.19. The molecule has 6 nitrogen and oxygen atoms in total. The predicted molar refractivity (Wildman–Crippen MR) is 83.5 cm³/mol. The lowest BCUT2D eigenvalue weighted by atomic mass is 10.2. The van der Waals surface area contributed by atoms with E-state index in [2.05, 4.69) is 15.3 Å². The molecular weight excluding hydrogens is 294 g/mol. The summed E-state index contributed by atoms with van der Waals surface area (Å²) in [5.74, 6) is 0.662. The molecule has 3 aromatic rings. The minimum Gasteiger partial charge on any atom is -0.467 e. The highest BCUT2D eigenvalue weighted by atomic mass is 16.3. The van der Waals surface area contributed by atoms with E-state index in [4.69, 9.17) is 4.42 Å². The van der Waals surface area contributed by atoms with E-state index < -0.39 is 6.04 Å². The molecule has 0 spiro atoms. The second kappa shape index (κ2) is 6.85. The Morgan fingerprint density at radius 3 is 2.48 bits per heavy atom. The van der Waals surface area contributed by atoms with Gasteiger partial charge in [-0.05, 0) is 12.1 Å². The van der Waals surface area contributed by atoms with E-state index in [9.17, 15) is 9.90 Å². The minimum absolute atomic E-state index is 0.262. The summed E-state index contributed by atoms with van der Waals surface area (Å²) < 4.78 is 5.19. The first kappa shape index (κ1) is 14.9. The van der Waals surface area contributed by atoms with Crippen molar-refractivity contribution < 1.29 is 14.3 Å². The maximum atomic E-state index is 12.2. The number of furan rings is 1. The molecule has 0 aliphatic carbocycles. The molecule has 0 aliphatic heterocycles. The number of aliphatic hydroxyl groups excluding tert-OH is 1. The SMILES string of the molecule is O=C(NC(CO)c1ccco1)c1cnc(-c2ccccc2)nc1. The van der Waals surface area contributed by atoms with Crippen molar-refractivity contribution in [3.05, 3.63) is 72.4 Å². The third-order valence-corrected chi connectivity index (χ3v) is 3.32. The molecule has 2 heterocycles. The average molecular weight is 309 g/mol. The van der Waals surface area contributed by atoms with Crippen molar-refractivity contribution in [3.63, 3.8) is 0 Å². The fourth-order valence-electron chi connectivity index (χ4n) is 2.12. The second-order valence-electron chi connectivity index (χ2n) is 4.89.